The molecule has 116 valence electrons. The summed E-state index contributed by atoms with van der Waals surface area (Å²) in [6, 6.07) is 0.158. The van der Waals surface area contributed by atoms with Gasteiger partial charge in [-0.25, -0.2) is 0 Å². The first-order valence-electron chi connectivity index (χ1n) is 7.48. The molecular weight excluding hydrogens is 258 g/mol. The molecule has 0 saturated carbocycles. The molecule has 6 nitrogen and oxygen atoms in total. The maximum absolute atomic E-state index is 12.2. The second-order valence-corrected chi connectivity index (χ2v) is 6.40. The van der Waals surface area contributed by atoms with Gasteiger partial charge in [-0.3, -0.25) is 9.69 Å². The third-order valence-electron chi connectivity index (χ3n) is 3.76. The summed E-state index contributed by atoms with van der Waals surface area (Å²) < 4.78 is 5.37. The van der Waals surface area contributed by atoms with Gasteiger partial charge in [0.15, 0.2) is 0 Å². The van der Waals surface area contributed by atoms with Gasteiger partial charge in [0.1, 0.15) is 0 Å². The van der Waals surface area contributed by atoms with Crippen LogP contribution in [0.3, 0.4) is 0 Å². The molecule has 0 bridgehead atoms. The Kier molecular flexibility index (Phi) is 5.37. The average Bonchev–Trinajstić information content (AvgIpc) is 2.39. The van der Waals surface area contributed by atoms with Crippen LogP contribution in [0.15, 0.2) is 0 Å². The van der Waals surface area contributed by atoms with Crippen LogP contribution in [0.4, 0.5) is 0 Å². The van der Waals surface area contributed by atoms with Crippen molar-refractivity contribution in [3.8, 4) is 0 Å². The summed E-state index contributed by atoms with van der Waals surface area (Å²) in [5.74, 6) is 0.205. The van der Waals surface area contributed by atoms with Crippen LogP contribution in [0.1, 0.15) is 20.3 Å². The molecule has 2 rings (SSSR count). The number of nitrogens with one attached hydrogen (secondary N) is 1. The van der Waals surface area contributed by atoms with Gasteiger partial charge in [-0.15, -0.1) is 0 Å². The Morgan fingerprint density at radius 2 is 2.05 bits per heavy atom. The van der Waals surface area contributed by atoms with Crippen molar-refractivity contribution in [1.29, 1.82) is 0 Å². The molecule has 0 aromatic carbocycles. The maximum Gasteiger partial charge on any atom is 0.224 e. The minimum absolute atomic E-state index is 0.158. The number of piperazine rings is 1. The fraction of sp³-hybridized carbons (Fsp3) is 0.929. The Morgan fingerprint density at radius 1 is 1.35 bits per heavy atom. The van der Waals surface area contributed by atoms with Crippen molar-refractivity contribution in [2.24, 2.45) is 0 Å². The third kappa shape index (κ3) is 5.01. The van der Waals surface area contributed by atoms with Gasteiger partial charge in [0.25, 0.3) is 0 Å². The summed E-state index contributed by atoms with van der Waals surface area (Å²) in [6.45, 7) is 9.67. The zero-order valence-electron chi connectivity index (χ0n) is 12.6. The van der Waals surface area contributed by atoms with E-state index in [0.29, 0.717) is 19.6 Å². The minimum atomic E-state index is -0.671. The lowest BCUT2D eigenvalue weighted by Crippen LogP contribution is -2.53. The smallest absolute Gasteiger partial charge is 0.224 e. The number of morpholine rings is 1. The Bertz CT molecular complexity index is 316. The average molecular weight is 285 g/mol. The molecule has 2 fully saturated rings. The van der Waals surface area contributed by atoms with E-state index in [4.69, 9.17) is 4.74 Å². The highest BCUT2D eigenvalue weighted by Gasteiger charge is 2.26. The molecular formula is C14H27N3O3. The Morgan fingerprint density at radius 3 is 2.60 bits per heavy atom. The molecule has 1 atom stereocenters. The first-order valence-corrected chi connectivity index (χ1v) is 7.48. The monoisotopic (exact) mass is 285 g/mol. The number of carbonyl (C=O) groups is 1. The van der Waals surface area contributed by atoms with E-state index in [9.17, 15) is 9.90 Å². The summed E-state index contributed by atoms with van der Waals surface area (Å²) in [5, 5.41) is 13.1. The number of amides is 1. The van der Waals surface area contributed by atoms with E-state index >= 15 is 0 Å². The highest BCUT2D eigenvalue weighted by molar-refractivity contribution is 5.77. The summed E-state index contributed by atoms with van der Waals surface area (Å²) in [4.78, 5) is 16.4. The van der Waals surface area contributed by atoms with Crippen LogP contribution >= 0.6 is 0 Å². The van der Waals surface area contributed by atoms with Gasteiger partial charge < -0.3 is 20.1 Å². The standard InChI is InChI=1S/C14H27N3O3/c1-14(2,19)11-16-4-6-17(7-5-16)13(18)9-12-10-20-8-3-15-12/h12,15,19H,3-11H2,1-2H3. The van der Waals surface area contributed by atoms with Gasteiger partial charge in [-0.05, 0) is 13.8 Å². The molecule has 2 saturated heterocycles. The molecule has 2 aliphatic rings. The van der Waals surface area contributed by atoms with Crippen LogP contribution in [0.2, 0.25) is 0 Å². The lowest BCUT2D eigenvalue weighted by atomic mass is 10.1. The highest BCUT2D eigenvalue weighted by Crippen LogP contribution is 2.10. The molecule has 0 radical (unpaired) electrons. The summed E-state index contributed by atoms with van der Waals surface area (Å²) in [6.07, 6.45) is 0.519. The number of nitrogens with zero attached hydrogens (tertiary/aromatic N) is 2. The summed E-state index contributed by atoms with van der Waals surface area (Å²) in [7, 11) is 0. The lowest BCUT2D eigenvalue weighted by Gasteiger charge is -2.38. The van der Waals surface area contributed by atoms with Crippen molar-refractivity contribution in [2.45, 2.75) is 31.9 Å². The quantitative estimate of drug-likeness (QED) is 0.714. The molecule has 0 aromatic heterocycles. The number of carbonyl (C=O) groups excluding carboxylic acids is 1. The summed E-state index contributed by atoms with van der Waals surface area (Å²) in [5.41, 5.74) is -0.671. The molecule has 0 spiro atoms. The summed E-state index contributed by atoms with van der Waals surface area (Å²) >= 11 is 0. The van der Waals surface area contributed by atoms with Crippen molar-refractivity contribution < 1.29 is 14.6 Å². The van der Waals surface area contributed by atoms with Crippen LogP contribution in [-0.4, -0.2) is 84.9 Å². The number of hydrogen-bond acceptors (Lipinski definition) is 5. The SMILES string of the molecule is CC(C)(O)CN1CCN(C(=O)CC2COCCN2)CC1. The van der Waals surface area contributed by atoms with E-state index in [2.05, 4.69) is 10.2 Å². The molecule has 2 heterocycles. The molecule has 0 aromatic rings. The Balaban J connectivity index is 1.71. The molecule has 1 amide bonds. The van der Waals surface area contributed by atoms with Crippen LogP contribution in [0.5, 0.6) is 0 Å². The van der Waals surface area contributed by atoms with E-state index in [-0.39, 0.29) is 11.9 Å². The van der Waals surface area contributed by atoms with Gasteiger partial charge in [-0.2, -0.15) is 0 Å². The highest BCUT2D eigenvalue weighted by atomic mass is 16.5. The molecule has 0 aliphatic carbocycles. The topological polar surface area (TPSA) is 65.0 Å². The van der Waals surface area contributed by atoms with Crippen LogP contribution in [0.25, 0.3) is 0 Å². The number of hydrogen-bond donors (Lipinski definition) is 2. The number of aliphatic hydroxyl groups is 1. The molecule has 20 heavy (non-hydrogen) atoms. The van der Waals surface area contributed by atoms with Gasteiger partial charge in [0.2, 0.25) is 5.91 Å². The van der Waals surface area contributed by atoms with Crippen LogP contribution in [-0.2, 0) is 9.53 Å². The van der Waals surface area contributed by atoms with Crippen molar-refractivity contribution in [2.75, 3.05) is 52.5 Å². The Hall–Kier alpha value is -0.690. The van der Waals surface area contributed by atoms with Crippen molar-refractivity contribution in [3.05, 3.63) is 0 Å². The number of ether oxygens (including phenoxy) is 1. The van der Waals surface area contributed by atoms with Crippen LogP contribution < -0.4 is 5.32 Å². The van der Waals surface area contributed by atoms with Gasteiger partial charge in [0, 0.05) is 51.7 Å². The lowest BCUT2D eigenvalue weighted by molar-refractivity contribution is -0.134. The van der Waals surface area contributed by atoms with Gasteiger partial charge in [-0.1, -0.05) is 0 Å². The van der Waals surface area contributed by atoms with E-state index in [1.54, 1.807) is 0 Å². The number of rotatable bonds is 4. The van der Waals surface area contributed by atoms with Gasteiger partial charge >= 0.3 is 0 Å². The van der Waals surface area contributed by atoms with Crippen molar-refractivity contribution >= 4 is 5.91 Å². The zero-order valence-corrected chi connectivity index (χ0v) is 12.6. The van der Waals surface area contributed by atoms with E-state index in [1.165, 1.54) is 0 Å². The zero-order chi connectivity index (χ0) is 14.6. The van der Waals surface area contributed by atoms with E-state index in [1.807, 2.05) is 18.7 Å². The predicted octanol–water partition coefficient (Wildman–Crippen LogP) is -0.720. The predicted molar refractivity (Wildman–Crippen MR) is 76.5 cm³/mol. The first-order chi connectivity index (χ1) is 9.44. The third-order valence-corrected chi connectivity index (χ3v) is 3.76. The van der Waals surface area contributed by atoms with Crippen LogP contribution in [0, 0.1) is 0 Å². The molecule has 2 N–H and O–H groups in total. The fourth-order valence-corrected chi connectivity index (χ4v) is 2.79. The molecule has 1 unspecified atom stereocenters. The Labute approximate surface area is 121 Å². The fourth-order valence-electron chi connectivity index (χ4n) is 2.79. The van der Waals surface area contributed by atoms with Crippen molar-refractivity contribution in [1.82, 2.24) is 15.1 Å². The first kappa shape index (κ1) is 15.7. The van der Waals surface area contributed by atoms with E-state index in [0.717, 1.165) is 39.3 Å². The largest absolute Gasteiger partial charge is 0.389 e. The second kappa shape index (κ2) is 6.85. The normalized spacial score (nSPS) is 25.8. The number of β-amino-alcohol motifs (C(OH)–C–C–N with tert-alkyl or cyclic N) is 1. The molecule has 6 heteroatoms. The van der Waals surface area contributed by atoms with Gasteiger partial charge in [0.05, 0.1) is 18.8 Å². The molecule has 2 aliphatic heterocycles. The van der Waals surface area contributed by atoms with Crippen molar-refractivity contribution in [3.63, 3.8) is 0 Å². The van der Waals surface area contributed by atoms with E-state index < -0.39 is 5.60 Å². The maximum atomic E-state index is 12.2. The second-order valence-electron chi connectivity index (χ2n) is 6.40. The minimum Gasteiger partial charge on any atom is -0.389 e.